The van der Waals surface area contributed by atoms with Crippen molar-refractivity contribution >= 4 is 23.2 Å². The second-order valence-corrected chi connectivity index (χ2v) is 4.97. The van der Waals surface area contributed by atoms with E-state index in [9.17, 15) is 23.7 Å². The number of carbonyl (C=O) groups excluding carboxylic acids is 1. The number of benzene rings is 1. The first-order valence-corrected chi connectivity index (χ1v) is 6.32. The SMILES string of the molecule is CC(Cl)CCCNC(=O)c1cc(F)cc([N+](=O)[O-])c1F. The summed E-state index contributed by atoms with van der Waals surface area (Å²) in [6.07, 6.45) is 1.21. The second kappa shape index (κ2) is 7.14. The topological polar surface area (TPSA) is 72.2 Å². The van der Waals surface area contributed by atoms with Crippen LogP contribution < -0.4 is 5.32 Å². The Labute approximate surface area is 119 Å². The number of hydrogen-bond acceptors (Lipinski definition) is 3. The lowest BCUT2D eigenvalue weighted by atomic mass is 10.1. The van der Waals surface area contributed by atoms with Gasteiger partial charge < -0.3 is 5.32 Å². The van der Waals surface area contributed by atoms with Crippen LogP contribution in [0.1, 0.15) is 30.1 Å². The van der Waals surface area contributed by atoms with Gasteiger partial charge in [0.1, 0.15) is 5.82 Å². The molecule has 0 aromatic heterocycles. The molecule has 1 aromatic carbocycles. The molecule has 0 aliphatic carbocycles. The Kier molecular flexibility index (Phi) is 5.82. The van der Waals surface area contributed by atoms with Gasteiger partial charge in [-0.05, 0) is 25.8 Å². The van der Waals surface area contributed by atoms with E-state index in [0.29, 0.717) is 25.0 Å². The molecule has 20 heavy (non-hydrogen) atoms. The summed E-state index contributed by atoms with van der Waals surface area (Å²) in [5.41, 5.74) is -1.75. The Morgan fingerprint density at radius 3 is 2.70 bits per heavy atom. The van der Waals surface area contributed by atoms with Crippen LogP contribution >= 0.6 is 11.6 Å². The zero-order chi connectivity index (χ0) is 15.3. The quantitative estimate of drug-likeness (QED) is 0.380. The third kappa shape index (κ3) is 4.41. The summed E-state index contributed by atoms with van der Waals surface area (Å²) in [4.78, 5) is 21.1. The van der Waals surface area contributed by atoms with Crippen molar-refractivity contribution in [2.45, 2.75) is 25.1 Å². The fourth-order valence-electron chi connectivity index (χ4n) is 1.55. The number of alkyl halides is 1. The molecule has 0 fully saturated rings. The first-order valence-electron chi connectivity index (χ1n) is 5.88. The molecule has 0 bridgehead atoms. The van der Waals surface area contributed by atoms with E-state index in [1.54, 1.807) is 6.92 Å². The van der Waals surface area contributed by atoms with Crippen molar-refractivity contribution in [3.05, 3.63) is 39.4 Å². The van der Waals surface area contributed by atoms with Gasteiger partial charge in [-0.25, -0.2) is 4.39 Å². The minimum absolute atomic E-state index is 0.0566. The van der Waals surface area contributed by atoms with E-state index in [1.807, 2.05) is 0 Å². The number of nitrogens with zero attached hydrogens (tertiary/aromatic N) is 1. The van der Waals surface area contributed by atoms with Crippen molar-refractivity contribution in [3.8, 4) is 0 Å². The Bertz CT molecular complexity index is 524. The maximum Gasteiger partial charge on any atom is 0.308 e. The molecule has 1 unspecified atom stereocenters. The lowest BCUT2D eigenvalue weighted by Crippen LogP contribution is -2.26. The number of nitrogens with one attached hydrogen (secondary N) is 1. The van der Waals surface area contributed by atoms with Crippen LogP contribution in [0.4, 0.5) is 14.5 Å². The number of halogens is 3. The summed E-state index contributed by atoms with van der Waals surface area (Å²) in [7, 11) is 0. The molecular weight excluding hydrogens is 294 g/mol. The van der Waals surface area contributed by atoms with Crippen LogP contribution in [0.15, 0.2) is 12.1 Å². The normalized spacial score (nSPS) is 12.0. The number of carbonyl (C=O) groups is 1. The van der Waals surface area contributed by atoms with Crippen LogP contribution in [0, 0.1) is 21.7 Å². The summed E-state index contributed by atoms with van der Waals surface area (Å²) < 4.78 is 26.9. The van der Waals surface area contributed by atoms with Gasteiger partial charge in [0, 0.05) is 11.9 Å². The van der Waals surface area contributed by atoms with Gasteiger partial charge in [0.2, 0.25) is 5.82 Å². The fraction of sp³-hybridized carbons (Fsp3) is 0.417. The van der Waals surface area contributed by atoms with Gasteiger partial charge >= 0.3 is 5.69 Å². The number of nitro groups is 1. The third-order valence-electron chi connectivity index (χ3n) is 2.52. The lowest BCUT2D eigenvalue weighted by Gasteiger charge is -2.07. The van der Waals surface area contributed by atoms with E-state index in [4.69, 9.17) is 11.6 Å². The molecule has 8 heteroatoms. The number of amides is 1. The van der Waals surface area contributed by atoms with Crippen LogP contribution in [0.3, 0.4) is 0 Å². The monoisotopic (exact) mass is 306 g/mol. The van der Waals surface area contributed by atoms with Crippen LogP contribution in [0.2, 0.25) is 0 Å². The van der Waals surface area contributed by atoms with Crippen molar-refractivity contribution in [1.82, 2.24) is 5.32 Å². The summed E-state index contributed by atoms with van der Waals surface area (Å²) in [6, 6.07) is 1.06. The highest BCUT2D eigenvalue weighted by Crippen LogP contribution is 2.22. The van der Waals surface area contributed by atoms with Crippen molar-refractivity contribution in [2.24, 2.45) is 0 Å². The highest BCUT2D eigenvalue weighted by atomic mass is 35.5. The molecule has 0 saturated heterocycles. The van der Waals surface area contributed by atoms with Crippen LogP contribution in [0.25, 0.3) is 0 Å². The molecule has 110 valence electrons. The molecule has 0 aliphatic rings. The van der Waals surface area contributed by atoms with E-state index in [0.717, 1.165) is 0 Å². The van der Waals surface area contributed by atoms with Gasteiger partial charge in [0.25, 0.3) is 5.91 Å². The van der Waals surface area contributed by atoms with Gasteiger partial charge in [-0.3, -0.25) is 14.9 Å². The predicted molar refractivity (Wildman–Crippen MR) is 69.9 cm³/mol. The highest BCUT2D eigenvalue weighted by molar-refractivity contribution is 6.20. The predicted octanol–water partition coefficient (Wildman–Crippen LogP) is 3.01. The average Bonchev–Trinajstić information content (AvgIpc) is 2.36. The number of hydrogen-bond donors (Lipinski definition) is 1. The van der Waals surface area contributed by atoms with E-state index in [-0.39, 0.29) is 11.9 Å². The molecule has 0 saturated carbocycles. The maximum absolute atomic E-state index is 13.7. The van der Waals surface area contributed by atoms with E-state index in [1.165, 1.54) is 0 Å². The summed E-state index contributed by atoms with van der Waals surface area (Å²) in [5, 5.41) is 12.8. The standard InChI is InChI=1S/C12H13ClF2N2O3/c1-7(13)3-2-4-16-12(18)9-5-8(14)6-10(11(9)15)17(19)20/h5-7H,2-4H2,1H3,(H,16,18). The first-order chi connectivity index (χ1) is 9.32. The van der Waals surface area contributed by atoms with E-state index in [2.05, 4.69) is 5.32 Å². The zero-order valence-electron chi connectivity index (χ0n) is 10.7. The molecule has 1 rings (SSSR count). The first kappa shape index (κ1) is 16.3. The molecule has 0 radical (unpaired) electrons. The van der Waals surface area contributed by atoms with Crippen molar-refractivity contribution in [3.63, 3.8) is 0 Å². The molecule has 1 N–H and O–H groups in total. The molecule has 0 heterocycles. The minimum Gasteiger partial charge on any atom is -0.352 e. The fourth-order valence-corrected chi connectivity index (χ4v) is 1.71. The Morgan fingerprint density at radius 1 is 1.50 bits per heavy atom. The van der Waals surface area contributed by atoms with Crippen molar-refractivity contribution < 1.29 is 18.5 Å². The van der Waals surface area contributed by atoms with Gasteiger partial charge in [-0.2, -0.15) is 4.39 Å². The summed E-state index contributed by atoms with van der Waals surface area (Å²) >= 11 is 5.71. The lowest BCUT2D eigenvalue weighted by molar-refractivity contribution is -0.387. The minimum atomic E-state index is -1.35. The summed E-state index contributed by atoms with van der Waals surface area (Å²) in [6.45, 7) is 2.01. The van der Waals surface area contributed by atoms with Crippen LogP contribution in [0.5, 0.6) is 0 Å². The smallest absolute Gasteiger partial charge is 0.308 e. The highest BCUT2D eigenvalue weighted by Gasteiger charge is 2.23. The third-order valence-corrected chi connectivity index (χ3v) is 2.74. The average molecular weight is 307 g/mol. The van der Waals surface area contributed by atoms with Gasteiger partial charge in [0.05, 0.1) is 16.6 Å². The molecular formula is C12H13ClF2N2O3. The van der Waals surface area contributed by atoms with Crippen molar-refractivity contribution in [2.75, 3.05) is 6.54 Å². The van der Waals surface area contributed by atoms with E-state index < -0.39 is 33.7 Å². The second-order valence-electron chi connectivity index (χ2n) is 4.22. The molecule has 0 aliphatic heterocycles. The molecule has 1 atom stereocenters. The molecule has 0 spiro atoms. The van der Waals surface area contributed by atoms with Crippen LogP contribution in [-0.4, -0.2) is 22.8 Å². The van der Waals surface area contributed by atoms with Gasteiger partial charge in [0.15, 0.2) is 0 Å². The summed E-state index contributed by atoms with van der Waals surface area (Å²) in [5.74, 6) is -3.29. The molecule has 1 aromatic rings. The van der Waals surface area contributed by atoms with Crippen molar-refractivity contribution in [1.29, 1.82) is 0 Å². The number of nitro benzene ring substituents is 1. The van der Waals surface area contributed by atoms with Gasteiger partial charge in [-0.15, -0.1) is 11.6 Å². The molecule has 5 nitrogen and oxygen atoms in total. The Balaban J connectivity index is 2.80. The Hall–Kier alpha value is -1.76. The number of rotatable bonds is 6. The van der Waals surface area contributed by atoms with Gasteiger partial charge in [-0.1, -0.05) is 0 Å². The molecule has 1 amide bonds. The Morgan fingerprint density at radius 2 is 2.15 bits per heavy atom. The van der Waals surface area contributed by atoms with E-state index >= 15 is 0 Å². The van der Waals surface area contributed by atoms with Crippen LogP contribution in [-0.2, 0) is 0 Å². The largest absolute Gasteiger partial charge is 0.352 e. The maximum atomic E-state index is 13.7. The zero-order valence-corrected chi connectivity index (χ0v) is 11.4.